The van der Waals surface area contributed by atoms with Crippen molar-refractivity contribution in [3.63, 3.8) is 0 Å². The van der Waals surface area contributed by atoms with Crippen LogP contribution in [0.5, 0.6) is 0 Å². The quantitative estimate of drug-likeness (QED) is 0.891. The Labute approximate surface area is 139 Å². The van der Waals surface area contributed by atoms with Gasteiger partial charge in [-0.05, 0) is 58.6 Å². The van der Waals surface area contributed by atoms with Crippen LogP contribution in [0.3, 0.4) is 0 Å². The summed E-state index contributed by atoms with van der Waals surface area (Å²) in [5.74, 6) is 0. The molecule has 1 aliphatic rings. The molecule has 0 amide bonds. The van der Waals surface area contributed by atoms with Crippen LogP contribution in [0, 0.1) is 13.8 Å². The van der Waals surface area contributed by atoms with E-state index in [0.29, 0.717) is 0 Å². The summed E-state index contributed by atoms with van der Waals surface area (Å²) in [6.45, 7) is 9.35. The summed E-state index contributed by atoms with van der Waals surface area (Å²) >= 11 is 0. The van der Waals surface area contributed by atoms with Gasteiger partial charge in [0, 0.05) is 36.6 Å². The minimum Gasteiger partial charge on any atom is -0.296 e. The van der Waals surface area contributed by atoms with E-state index in [9.17, 15) is 0 Å². The molecule has 0 bridgehead atoms. The van der Waals surface area contributed by atoms with Gasteiger partial charge in [-0.25, -0.2) is 0 Å². The zero-order valence-electron chi connectivity index (χ0n) is 14.9. The van der Waals surface area contributed by atoms with E-state index in [1.165, 1.54) is 47.5 Å². The molecule has 3 rings (SSSR count). The van der Waals surface area contributed by atoms with Crippen molar-refractivity contribution in [2.75, 3.05) is 7.05 Å². The Kier molecular flexibility index (Phi) is 4.85. The summed E-state index contributed by atoms with van der Waals surface area (Å²) in [4.78, 5) is 2.36. The molecule has 0 spiro atoms. The molecule has 5 heteroatoms. The van der Waals surface area contributed by atoms with E-state index in [1.807, 2.05) is 0 Å². The SMILES string of the molecule is CCCn1nc(C)c(CN(C)Cc2n[nH]c3c2CCCC3)c1C. The van der Waals surface area contributed by atoms with E-state index in [0.717, 1.165) is 38.2 Å². The van der Waals surface area contributed by atoms with Crippen molar-refractivity contribution >= 4 is 0 Å². The van der Waals surface area contributed by atoms with E-state index in [4.69, 9.17) is 0 Å². The molecule has 0 radical (unpaired) electrons. The number of rotatable bonds is 6. The topological polar surface area (TPSA) is 49.7 Å². The number of aromatic amines is 1. The Bertz CT molecular complexity index is 667. The first-order chi connectivity index (χ1) is 11.1. The summed E-state index contributed by atoms with van der Waals surface area (Å²) < 4.78 is 2.15. The second-order valence-electron chi connectivity index (χ2n) is 6.88. The first kappa shape index (κ1) is 16.2. The second kappa shape index (κ2) is 6.87. The fourth-order valence-electron chi connectivity index (χ4n) is 3.65. The van der Waals surface area contributed by atoms with Crippen LogP contribution < -0.4 is 0 Å². The molecule has 2 aromatic heterocycles. The van der Waals surface area contributed by atoms with Gasteiger partial charge in [-0.3, -0.25) is 14.7 Å². The van der Waals surface area contributed by atoms with Gasteiger partial charge in [-0.1, -0.05) is 6.92 Å². The van der Waals surface area contributed by atoms with Gasteiger partial charge in [-0.2, -0.15) is 10.2 Å². The number of aryl methyl sites for hydroxylation is 3. The normalized spacial score (nSPS) is 14.5. The minimum atomic E-state index is 0.906. The molecule has 0 fully saturated rings. The largest absolute Gasteiger partial charge is 0.296 e. The lowest BCUT2D eigenvalue weighted by Crippen LogP contribution is -2.19. The number of nitrogens with zero attached hydrogens (tertiary/aromatic N) is 4. The Morgan fingerprint density at radius 3 is 2.74 bits per heavy atom. The fraction of sp³-hybridized carbons (Fsp3) is 0.667. The summed E-state index contributed by atoms with van der Waals surface area (Å²) in [6.07, 6.45) is 6.05. The van der Waals surface area contributed by atoms with Crippen LogP contribution in [0.15, 0.2) is 0 Å². The van der Waals surface area contributed by atoms with Crippen molar-refractivity contribution in [1.82, 2.24) is 24.9 Å². The highest BCUT2D eigenvalue weighted by Gasteiger charge is 2.19. The zero-order chi connectivity index (χ0) is 16.4. The predicted molar refractivity (Wildman–Crippen MR) is 92.4 cm³/mol. The third kappa shape index (κ3) is 3.34. The molecule has 0 aliphatic heterocycles. The van der Waals surface area contributed by atoms with Crippen LogP contribution in [0.25, 0.3) is 0 Å². The van der Waals surface area contributed by atoms with E-state index in [-0.39, 0.29) is 0 Å². The maximum atomic E-state index is 4.69. The van der Waals surface area contributed by atoms with E-state index >= 15 is 0 Å². The third-order valence-electron chi connectivity index (χ3n) is 4.96. The van der Waals surface area contributed by atoms with Crippen LogP contribution in [0.2, 0.25) is 0 Å². The summed E-state index contributed by atoms with van der Waals surface area (Å²) in [7, 11) is 2.18. The molecular weight excluding hydrogens is 286 g/mol. The second-order valence-corrected chi connectivity index (χ2v) is 6.88. The van der Waals surface area contributed by atoms with Gasteiger partial charge in [0.15, 0.2) is 0 Å². The lowest BCUT2D eigenvalue weighted by atomic mass is 9.96. The van der Waals surface area contributed by atoms with Crippen LogP contribution in [-0.4, -0.2) is 31.9 Å². The monoisotopic (exact) mass is 315 g/mol. The molecule has 1 aliphatic carbocycles. The molecule has 0 saturated carbocycles. The predicted octanol–water partition coefficient (Wildman–Crippen LogP) is 3.14. The van der Waals surface area contributed by atoms with Crippen molar-refractivity contribution in [2.45, 2.75) is 72.5 Å². The molecule has 0 unspecified atom stereocenters. The number of nitrogens with one attached hydrogen (secondary N) is 1. The highest BCUT2D eigenvalue weighted by Crippen LogP contribution is 2.23. The van der Waals surface area contributed by atoms with Crippen LogP contribution in [0.4, 0.5) is 0 Å². The molecule has 2 heterocycles. The molecule has 0 atom stereocenters. The Balaban J connectivity index is 1.70. The third-order valence-corrected chi connectivity index (χ3v) is 4.96. The highest BCUT2D eigenvalue weighted by molar-refractivity contribution is 5.28. The van der Waals surface area contributed by atoms with Gasteiger partial charge in [0.25, 0.3) is 0 Å². The van der Waals surface area contributed by atoms with E-state index < -0.39 is 0 Å². The van der Waals surface area contributed by atoms with Gasteiger partial charge in [0.05, 0.1) is 11.4 Å². The first-order valence-corrected chi connectivity index (χ1v) is 8.86. The number of hydrogen-bond donors (Lipinski definition) is 1. The fourth-order valence-corrected chi connectivity index (χ4v) is 3.65. The van der Waals surface area contributed by atoms with Crippen LogP contribution >= 0.6 is 0 Å². The lowest BCUT2D eigenvalue weighted by Gasteiger charge is -2.18. The maximum absolute atomic E-state index is 4.69. The molecular formula is C18H29N5. The number of H-pyrrole nitrogens is 1. The summed E-state index contributed by atoms with van der Waals surface area (Å²) in [5, 5.41) is 12.5. The Morgan fingerprint density at radius 1 is 1.17 bits per heavy atom. The lowest BCUT2D eigenvalue weighted by molar-refractivity contribution is 0.312. The van der Waals surface area contributed by atoms with Crippen LogP contribution in [-0.2, 0) is 32.5 Å². The average Bonchev–Trinajstić information content (AvgIpc) is 3.05. The van der Waals surface area contributed by atoms with Crippen LogP contribution in [0.1, 0.15) is 60.1 Å². The van der Waals surface area contributed by atoms with Gasteiger partial charge >= 0.3 is 0 Å². The summed E-state index contributed by atoms with van der Waals surface area (Å²) in [6, 6.07) is 0. The van der Waals surface area contributed by atoms with Gasteiger partial charge in [0.2, 0.25) is 0 Å². The summed E-state index contributed by atoms with van der Waals surface area (Å²) in [5.41, 5.74) is 7.90. The first-order valence-electron chi connectivity index (χ1n) is 8.86. The molecule has 23 heavy (non-hydrogen) atoms. The van der Waals surface area contributed by atoms with Crippen molar-refractivity contribution in [3.05, 3.63) is 33.9 Å². The smallest absolute Gasteiger partial charge is 0.0797 e. The zero-order valence-corrected chi connectivity index (χ0v) is 14.9. The standard InChI is InChI=1S/C18H29N5/c1-5-10-23-14(3)16(13(2)21-23)11-22(4)12-18-15-8-6-7-9-17(15)19-20-18/h5-12H2,1-4H3,(H,19,20). The van der Waals surface area contributed by atoms with Crippen molar-refractivity contribution in [1.29, 1.82) is 0 Å². The molecule has 126 valence electrons. The van der Waals surface area contributed by atoms with E-state index in [1.54, 1.807) is 0 Å². The molecule has 1 N–H and O–H groups in total. The van der Waals surface area contributed by atoms with Crippen molar-refractivity contribution in [3.8, 4) is 0 Å². The van der Waals surface area contributed by atoms with Gasteiger partial charge in [0.1, 0.15) is 0 Å². The number of fused-ring (bicyclic) bond motifs is 1. The molecule has 2 aromatic rings. The number of hydrogen-bond acceptors (Lipinski definition) is 3. The average molecular weight is 315 g/mol. The molecule has 5 nitrogen and oxygen atoms in total. The Hall–Kier alpha value is -1.62. The Morgan fingerprint density at radius 2 is 1.96 bits per heavy atom. The molecule has 0 aromatic carbocycles. The van der Waals surface area contributed by atoms with Gasteiger partial charge < -0.3 is 0 Å². The van der Waals surface area contributed by atoms with Crippen molar-refractivity contribution < 1.29 is 0 Å². The van der Waals surface area contributed by atoms with Gasteiger partial charge in [-0.15, -0.1) is 0 Å². The maximum Gasteiger partial charge on any atom is 0.0797 e. The molecule has 0 saturated heterocycles. The number of aromatic nitrogens is 4. The van der Waals surface area contributed by atoms with Crippen molar-refractivity contribution in [2.24, 2.45) is 0 Å². The minimum absolute atomic E-state index is 0.906. The highest BCUT2D eigenvalue weighted by atomic mass is 15.3. The van der Waals surface area contributed by atoms with E-state index in [2.05, 4.69) is 52.7 Å².